The van der Waals surface area contributed by atoms with Gasteiger partial charge in [0.05, 0.1) is 6.61 Å². The van der Waals surface area contributed by atoms with Crippen molar-refractivity contribution in [2.24, 2.45) is 21.6 Å². The molecule has 0 radical (unpaired) electrons. The predicted molar refractivity (Wildman–Crippen MR) is 429 cm³/mol. The number of unbranched alkanes of at least 4 members (excludes halogenated alkanes) is 2. The number of aliphatic hydroxyl groups excluding tert-OH is 1. The molecule has 0 spiro atoms. The van der Waals surface area contributed by atoms with Crippen molar-refractivity contribution in [3.05, 3.63) is 143 Å². The number of carbonyl (C=O) groups is 11. The minimum atomic E-state index is -1.82. The van der Waals surface area contributed by atoms with Gasteiger partial charge in [-0.1, -0.05) is 98.2 Å². The fourth-order valence-electron chi connectivity index (χ4n) is 12.7. The highest BCUT2D eigenvalue weighted by Crippen LogP contribution is 2.23. The van der Waals surface area contributed by atoms with Crippen molar-refractivity contribution in [1.29, 1.82) is 0 Å². The van der Waals surface area contributed by atoms with Gasteiger partial charge in [-0.15, -0.1) is 0 Å². The van der Waals surface area contributed by atoms with Crippen LogP contribution in [0.1, 0.15) is 135 Å². The lowest BCUT2D eigenvalue weighted by Gasteiger charge is -2.31. The Kier molecular flexibility index (Phi) is 38.0. The molecule has 0 bridgehead atoms. The number of hydrogen-bond donors (Lipinski definition) is 16. The van der Waals surface area contributed by atoms with Crippen LogP contribution in [0.3, 0.4) is 0 Å². The fourth-order valence-corrected chi connectivity index (χ4v) is 12.8. The van der Waals surface area contributed by atoms with Gasteiger partial charge in [0, 0.05) is 95.8 Å². The van der Waals surface area contributed by atoms with Crippen LogP contribution in [0, 0.1) is 5.92 Å². The van der Waals surface area contributed by atoms with Crippen LogP contribution < -0.4 is 74.9 Å². The number of phenols is 1. The number of pyridine rings is 1. The van der Waals surface area contributed by atoms with E-state index < -0.39 is 132 Å². The SMILES string of the molecule is CCNC(=NCCCC[C@H](NC(=O)[C@H](Cc1ccc(O)cc1)NC(=O)[C@H](CO)NC(=O)[C@@H](Cc1cccnc1)NC(=O)[C@@H](Cc1ccc(Cl)cc1)NC(=O)[C@@H](Cc1ccc2ccccc2c1)NC(C)=O)C(=O)N[C@@H](CC(C)C)C(=O)N[C@@H](CCCCN=C(NCC)NCC)C(=O)N1CCC[C@H]1C(=O)N[C@H](C)C(N)=O)NCC. The molecular weight excluding hydrogens is 1460 g/mol. The van der Waals surface area contributed by atoms with Crippen LogP contribution in [0.25, 0.3) is 10.8 Å². The third-order valence-corrected chi connectivity index (χ3v) is 18.7. The zero-order chi connectivity index (χ0) is 81.7. The van der Waals surface area contributed by atoms with Gasteiger partial charge in [-0.05, 0) is 162 Å². The molecule has 112 heavy (non-hydrogen) atoms. The van der Waals surface area contributed by atoms with Crippen molar-refractivity contribution in [2.75, 3.05) is 52.4 Å². The summed E-state index contributed by atoms with van der Waals surface area (Å²) in [7, 11) is 0. The molecule has 0 saturated carbocycles. The van der Waals surface area contributed by atoms with Gasteiger partial charge in [-0.2, -0.15) is 0 Å². The second-order valence-corrected chi connectivity index (χ2v) is 28.5. The Morgan fingerprint density at radius 1 is 0.518 bits per heavy atom. The van der Waals surface area contributed by atoms with E-state index in [9.17, 15) is 53.4 Å². The van der Waals surface area contributed by atoms with Crippen molar-refractivity contribution in [2.45, 2.75) is 199 Å². The Balaban J connectivity index is 1.29. The van der Waals surface area contributed by atoms with Crippen LogP contribution >= 0.6 is 11.6 Å². The van der Waals surface area contributed by atoms with Crippen molar-refractivity contribution in [3.8, 4) is 5.75 Å². The number of primary amides is 1. The first-order chi connectivity index (χ1) is 53.7. The fraction of sp³-hybridized carbons (Fsp3) is 0.500. The minimum Gasteiger partial charge on any atom is -0.508 e. The topological polar surface area (TPSA) is 451 Å². The summed E-state index contributed by atoms with van der Waals surface area (Å²) < 4.78 is 0. The summed E-state index contributed by atoms with van der Waals surface area (Å²) in [5, 5.41) is 60.9. The minimum absolute atomic E-state index is 0.0365. The molecule has 4 aromatic carbocycles. The monoisotopic (exact) mass is 1570 g/mol. The van der Waals surface area contributed by atoms with Crippen LogP contribution in [-0.4, -0.2) is 210 Å². The molecule has 1 saturated heterocycles. The van der Waals surface area contributed by atoms with E-state index in [0.717, 1.165) is 10.8 Å². The van der Waals surface area contributed by atoms with Gasteiger partial charge < -0.3 is 90.0 Å². The number of rotatable bonds is 44. The Morgan fingerprint density at radius 2 is 0.964 bits per heavy atom. The summed E-state index contributed by atoms with van der Waals surface area (Å²) in [4.78, 5) is 172. The molecule has 0 aliphatic carbocycles. The van der Waals surface area contributed by atoms with Gasteiger partial charge >= 0.3 is 0 Å². The summed E-state index contributed by atoms with van der Waals surface area (Å²) >= 11 is 6.26. The first-order valence-electron chi connectivity index (χ1n) is 38.6. The number of guanidine groups is 2. The molecule has 17 N–H and O–H groups in total. The van der Waals surface area contributed by atoms with E-state index in [4.69, 9.17) is 17.3 Å². The number of phenolic OH excluding ortho intramolecular Hbond substituents is 1. The smallest absolute Gasteiger partial charge is 0.245 e. The first kappa shape index (κ1) is 89.9. The highest BCUT2D eigenvalue weighted by Gasteiger charge is 2.40. The molecule has 31 nitrogen and oxygen atoms in total. The number of nitrogens with two attached hydrogens (primary N) is 1. The standard InChI is InChI=1S/C80H113ClN18O13/c1-9-84-79(85-10-2)88-38-17-15-24-60(70(104)94-62(41-49(5)6)71(105)93-61(25-16-18-39-89-80(86-11-3)87-12-4)78(112)99-40-20-26-68(99)77(111)90-50(7)69(82)103)92-73(107)64(44-53-30-35-59(102)36-31-53)97-76(110)67(48-100)98-75(109)66(46-55-21-19-37-83-47-55)96-74(108)65(43-52-28-33-58(81)34-29-52)95-72(106)63(91-51(8)101)45-54-27-32-56-22-13-14-23-57(56)42-54/h13-14,19,21-23,27-37,42,47,49-50,60-68,100,102H,9-12,15-18,20,24-26,38-41,43-46,48H2,1-8H3,(H2,82,103)(H,90,111)(H,91,101)(H,92,107)(H,93,105)(H,94,104)(H,95,106)(H,96,108)(H,97,110)(H,98,109)(H2,84,85,88)(H2,86,87,89)/t50-,60+,61+,62+,63-,64+,65-,66-,67+,68+/m1/s1. The number of fused-ring (bicyclic) bond motifs is 1. The van der Waals surface area contributed by atoms with E-state index in [0.29, 0.717) is 104 Å². The molecule has 0 unspecified atom stereocenters. The van der Waals surface area contributed by atoms with Crippen LogP contribution in [-0.2, 0) is 78.4 Å². The first-order valence-corrected chi connectivity index (χ1v) is 38.9. The van der Waals surface area contributed by atoms with E-state index >= 15 is 9.59 Å². The largest absolute Gasteiger partial charge is 0.508 e. The Morgan fingerprint density at radius 3 is 1.47 bits per heavy atom. The van der Waals surface area contributed by atoms with E-state index in [1.165, 1.54) is 55.4 Å². The number of benzene rings is 4. The molecule has 1 aromatic heterocycles. The lowest BCUT2D eigenvalue weighted by molar-refractivity contribution is -0.142. The molecular formula is C80H113ClN18O13. The normalized spacial score (nSPS) is 14.8. The van der Waals surface area contributed by atoms with Gasteiger partial charge in [0.1, 0.15) is 66.2 Å². The number of nitrogens with one attached hydrogen (secondary N) is 13. The van der Waals surface area contributed by atoms with Crippen LogP contribution in [0.2, 0.25) is 5.02 Å². The highest BCUT2D eigenvalue weighted by atomic mass is 35.5. The maximum atomic E-state index is 15.2. The van der Waals surface area contributed by atoms with Gasteiger partial charge in [-0.25, -0.2) is 0 Å². The highest BCUT2D eigenvalue weighted by molar-refractivity contribution is 6.30. The van der Waals surface area contributed by atoms with Gasteiger partial charge in [0.2, 0.25) is 65.0 Å². The van der Waals surface area contributed by atoms with E-state index in [-0.39, 0.29) is 76.0 Å². The van der Waals surface area contributed by atoms with Crippen molar-refractivity contribution >= 4 is 99.3 Å². The maximum Gasteiger partial charge on any atom is 0.245 e. The van der Waals surface area contributed by atoms with E-state index in [1.54, 1.807) is 36.4 Å². The Bertz CT molecular complexity index is 3970. The number of halogens is 1. The Hall–Kier alpha value is -10.9. The molecule has 10 atom stereocenters. The number of aliphatic imine (C=N–C) groups is 2. The van der Waals surface area contributed by atoms with Crippen molar-refractivity contribution in [3.63, 3.8) is 0 Å². The van der Waals surface area contributed by atoms with Gasteiger partial charge in [0.15, 0.2) is 11.9 Å². The maximum absolute atomic E-state index is 15.2. The third kappa shape index (κ3) is 30.4. The number of aromatic nitrogens is 1. The molecule has 608 valence electrons. The summed E-state index contributed by atoms with van der Waals surface area (Å²) in [5.74, 6) is -7.72. The number of amides is 11. The predicted octanol–water partition coefficient (Wildman–Crippen LogP) is 2.27. The second-order valence-electron chi connectivity index (χ2n) is 28.0. The summed E-state index contributed by atoms with van der Waals surface area (Å²) in [5.41, 5.74) is 7.61. The lowest BCUT2D eigenvalue weighted by Crippen LogP contribution is -2.61. The van der Waals surface area contributed by atoms with Crippen LogP contribution in [0.4, 0.5) is 0 Å². The van der Waals surface area contributed by atoms with Crippen molar-refractivity contribution < 1.29 is 63.0 Å². The number of likely N-dealkylation sites (tertiary alicyclic amines) is 1. The second kappa shape index (κ2) is 47.3. The van der Waals surface area contributed by atoms with Gasteiger partial charge in [-0.3, -0.25) is 67.7 Å². The summed E-state index contributed by atoms with van der Waals surface area (Å²) in [6.07, 6.45) is 4.77. The molecule has 2 heterocycles. The third-order valence-electron chi connectivity index (χ3n) is 18.5. The number of nitrogens with zero attached hydrogens (tertiary/aromatic N) is 4. The number of aliphatic hydroxyl groups is 1. The van der Waals surface area contributed by atoms with E-state index in [1.807, 2.05) is 84.0 Å². The zero-order valence-corrected chi connectivity index (χ0v) is 66.1. The molecule has 11 amide bonds. The number of hydrogen-bond acceptors (Lipinski definition) is 16. The number of aromatic hydroxyl groups is 1. The van der Waals surface area contributed by atoms with Crippen molar-refractivity contribution in [1.82, 2.24) is 79.0 Å². The Labute approximate surface area is 660 Å². The molecule has 6 rings (SSSR count). The molecule has 32 heteroatoms. The summed E-state index contributed by atoms with van der Waals surface area (Å²) in [6, 6.07) is 15.3. The molecule has 5 aromatic rings. The van der Waals surface area contributed by atoms with Crippen LogP contribution in [0.5, 0.6) is 5.75 Å². The average molecular weight is 1570 g/mol. The van der Waals surface area contributed by atoms with E-state index in [2.05, 4.69) is 84.1 Å². The number of carbonyl (C=O) groups excluding carboxylic acids is 11. The van der Waals surface area contributed by atoms with Crippen LogP contribution in [0.15, 0.2) is 126 Å². The molecule has 1 aliphatic heterocycles. The van der Waals surface area contributed by atoms with Gasteiger partial charge in [0.25, 0.3) is 0 Å². The molecule has 1 fully saturated rings. The quantitative estimate of drug-likeness (QED) is 0.0151. The molecule has 1 aliphatic rings. The zero-order valence-electron chi connectivity index (χ0n) is 65.3. The average Bonchev–Trinajstić information content (AvgIpc) is 1.57. The summed E-state index contributed by atoms with van der Waals surface area (Å²) in [6.45, 7) is 16.3. The lowest BCUT2D eigenvalue weighted by atomic mass is 9.99.